The number of benzene rings is 1. The summed E-state index contributed by atoms with van der Waals surface area (Å²) in [5.74, 6) is 1.46. The molecule has 0 saturated heterocycles. The lowest BCUT2D eigenvalue weighted by atomic mass is 10.0. The van der Waals surface area contributed by atoms with Gasteiger partial charge in [0.1, 0.15) is 5.54 Å². The van der Waals surface area contributed by atoms with Gasteiger partial charge in [0.25, 0.3) is 0 Å². The van der Waals surface area contributed by atoms with Crippen molar-refractivity contribution in [3.63, 3.8) is 0 Å². The maximum absolute atomic E-state index is 10.6. The molecule has 2 aliphatic carbocycles. The van der Waals surface area contributed by atoms with Crippen molar-refractivity contribution >= 4 is 6.08 Å². The summed E-state index contributed by atoms with van der Waals surface area (Å²) in [7, 11) is 1.63. The number of nitrogens with zero attached hydrogens (tertiary/aromatic N) is 1. The summed E-state index contributed by atoms with van der Waals surface area (Å²) in [5.41, 5.74) is 0.539. The van der Waals surface area contributed by atoms with Crippen LogP contribution in [0.25, 0.3) is 0 Å². The largest absolute Gasteiger partial charge is 0.493 e. The van der Waals surface area contributed by atoms with Crippen LogP contribution in [0.1, 0.15) is 31.2 Å². The van der Waals surface area contributed by atoms with Gasteiger partial charge >= 0.3 is 0 Å². The molecule has 4 nitrogen and oxygen atoms in total. The van der Waals surface area contributed by atoms with Gasteiger partial charge in [0, 0.05) is 5.56 Å². The van der Waals surface area contributed by atoms with Crippen LogP contribution >= 0.6 is 0 Å². The Morgan fingerprint density at radius 3 is 2.72 bits per heavy atom. The number of aliphatic imine (C=N–C) groups is 1. The summed E-state index contributed by atoms with van der Waals surface area (Å²) in [6, 6.07) is 5.75. The van der Waals surface area contributed by atoms with Crippen LogP contribution in [0.4, 0.5) is 0 Å². The number of carbonyl (C=O) groups excluding carboxylic acids is 1. The number of ether oxygens (including phenoxy) is 2. The fourth-order valence-corrected chi connectivity index (χ4v) is 2.16. The summed E-state index contributed by atoms with van der Waals surface area (Å²) < 4.78 is 11.3. The van der Waals surface area contributed by atoms with Crippen LogP contribution in [0.15, 0.2) is 23.2 Å². The normalized spacial score (nSPS) is 19.8. The standard InChI is InChI=1S/C14H15NO3/c1-17-12-4-2-3-11(13(12)18-10-5-6-10)14(7-8-14)15-9-16/h2-4,10H,5-8H2,1H3. The van der Waals surface area contributed by atoms with Gasteiger partial charge in [-0.2, -0.15) is 4.99 Å². The topological polar surface area (TPSA) is 47.9 Å². The molecule has 2 aliphatic rings. The summed E-state index contributed by atoms with van der Waals surface area (Å²) in [6.07, 6.45) is 5.88. The van der Waals surface area contributed by atoms with Gasteiger partial charge in [0.05, 0.1) is 13.2 Å². The minimum atomic E-state index is -0.416. The number of para-hydroxylation sites is 1. The quantitative estimate of drug-likeness (QED) is 0.591. The molecule has 0 atom stereocenters. The van der Waals surface area contributed by atoms with Gasteiger partial charge in [-0.05, 0) is 31.7 Å². The van der Waals surface area contributed by atoms with Gasteiger partial charge < -0.3 is 9.47 Å². The van der Waals surface area contributed by atoms with E-state index in [0.717, 1.165) is 37.0 Å². The zero-order valence-corrected chi connectivity index (χ0v) is 10.3. The van der Waals surface area contributed by atoms with E-state index in [9.17, 15) is 4.79 Å². The number of isocyanates is 1. The van der Waals surface area contributed by atoms with E-state index in [4.69, 9.17) is 9.47 Å². The van der Waals surface area contributed by atoms with Gasteiger partial charge in [-0.25, -0.2) is 4.79 Å². The van der Waals surface area contributed by atoms with Gasteiger partial charge in [-0.15, -0.1) is 0 Å². The van der Waals surface area contributed by atoms with E-state index in [2.05, 4.69) is 4.99 Å². The molecule has 94 valence electrons. The molecule has 0 amide bonds. The van der Waals surface area contributed by atoms with Gasteiger partial charge in [0.15, 0.2) is 11.5 Å². The highest BCUT2D eigenvalue weighted by Crippen LogP contribution is 2.54. The molecule has 0 bridgehead atoms. The summed E-state index contributed by atoms with van der Waals surface area (Å²) in [6.45, 7) is 0. The smallest absolute Gasteiger partial charge is 0.235 e. The first-order valence-electron chi connectivity index (χ1n) is 6.22. The van der Waals surface area contributed by atoms with Crippen molar-refractivity contribution in [2.45, 2.75) is 37.3 Å². The molecule has 0 heterocycles. The van der Waals surface area contributed by atoms with Crippen LogP contribution in [0.5, 0.6) is 11.5 Å². The second-order valence-electron chi connectivity index (χ2n) is 4.89. The minimum Gasteiger partial charge on any atom is -0.493 e. The third-order valence-electron chi connectivity index (χ3n) is 3.49. The highest BCUT2D eigenvalue weighted by Gasteiger charge is 2.48. The molecule has 0 radical (unpaired) electrons. The fraction of sp³-hybridized carbons (Fsp3) is 0.500. The molecule has 1 aromatic carbocycles. The van der Waals surface area contributed by atoms with Gasteiger partial charge in [-0.3, -0.25) is 0 Å². The molecule has 0 N–H and O–H groups in total. The highest BCUT2D eigenvalue weighted by atomic mass is 16.5. The monoisotopic (exact) mass is 245 g/mol. The van der Waals surface area contributed by atoms with Crippen LogP contribution in [0.2, 0.25) is 0 Å². The molecule has 0 aliphatic heterocycles. The van der Waals surface area contributed by atoms with Gasteiger partial charge in [0.2, 0.25) is 6.08 Å². The summed E-state index contributed by atoms with van der Waals surface area (Å²) in [5, 5.41) is 0. The zero-order valence-electron chi connectivity index (χ0n) is 10.3. The Hall–Kier alpha value is -1.80. The van der Waals surface area contributed by atoms with Crippen LogP contribution in [-0.4, -0.2) is 19.3 Å². The second-order valence-corrected chi connectivity index (χ2v) is 4.89. The molecule has 0 unspecified atom stereocenters. The Labute approximate surface area is 106 Å². The minimum absolute atomic E-state index is 0.288. The van der Waals surface area contributed by atoms with E-state index >= 15 is 0 Å². The lowest BCUT2D eigenvalue weighted by Crippen LogP contribution is -2.09. The third kappa shape index (κ3) is 1.89. The SMILES string of the molecule is COc1cccc(C2(N=C=O)CC2)c1OC1CC1. The maximum Gasteiger partial charge on any atom is 0.235 e. The van der Waals surface area contributed by atoms with Crippen LogP contribution in [-0.2, 0) is 10.3 Å². The summed E-state index contributed by atoms with van der Waals surface area (Å²) >= 11 is 0. The lowest BCUT2D eigenvalue weighted by Gasteiger charge is -2.17. The predicted molar refractivity (Wildman–Crippen MR) is 65.7 cm³/mol. The third-order valence-corrected chi connectivity index (χ3v) is 3.49. The Bertz CT molecular complexity index is 512. The van der Waals surface area contributed by atoms with Crippen molar-refractivity contribution in [3.8, 4) is 11.5 Å². The molecule has 2 fully saturated rings. The molecular formula is C14H15NO3. The Morgan fingerprint density at radius 1 is 1.39 bits per heavy atom. The number of hydrogen-bond acceptors (Lipinski definition) is 4. The van der Waals surface area contributed by atoms with Crippen molar-refractivity contribution in [2.75, 3.05) is 7.11 Å². The molecule has 4 heteroatoms. The van der Waals surface area contributed by atoms with E-state index < -0.39 is 5.54 Å². The second kappa shape index (κ2) is 4.14. The number of rotatable bonds is 5. The highest BCUT2D eigenvalue weighted by molar-refractivity contribution is 5.54. The lowest BCUT2D eigenvalue weighted by molar-refractivity contribution is 0.276. The van der Waals surface area contributed by atoms with Crippen LogP contribution in [0, 0.1) is 0 Å². The molecular weight excluding hydrogens is 230 g/mol. The Balaban J connectivity index is 2.04. The molecule has 3 rings (SSSR count). The number of hydrogen-bond donors (Lipinski definition) is 0. The predicted octanol–water partition coefficient (Wildman–Crippen LogP) is 2.56. The first-order chi connectivity index (χ1) is 8.79. The van der Waals surface area contributed by atoms with E-state index in [1.807, 2.05) is 18.2 Å². The van der Waals surface area contributed by atoms with E-state index in [1.165, 1.54) is 0 Å². The van der Waals surface area contributed by atoms with Crippen molar-refractivity contribution in [1.82, 2.24) is 0 Å². The average Bonchev–Trinajstić information content (AvgIpc) is 3.26. The maximum atomic E-state index is 10.6. The Kier molecular flexibility index (Phi) is 2.60. The Morgan fingerprint density at radius 2 is 2.17 bits per heavy atom. The molecule has 1 aromatic rings. The molecule has 0 aromatic heterocycles. The molecule has 2 saturated carbocycles. The van der Waals surface area contributed by atoms with E-state index in [1.54, 1.807) is 13.2 Å². The van der Waals surface area contributed by atoms with E-state index in [0.29, 0.717) is 5.75 Å². The average molecular weight is 245 g/mol. The fourth-order valence-electron chi connectivity index (χ4n) is 2.16. The van der Waals surface area contributed by atoms with Crippen LogP contribution in [0.3, 0.4) is 0 Å². The zero-order chi connectivity index (χ0) is 12.6. The van der Waals surface area contributed by atoms with Crippen molar-refractivity contribution in [3.05, 3.63) is 23.8 Å². The molecule has 0 spiro atoms. The van der Waals surface area contributed by atoms with Crippen molar-refractivity contribution in [1.29, 1.82) is 0 Å². The first kappa shape index (κ1) is 11.3. The first-order valence-corrected chi connectivity index (χ1v) is 6.22. The van der Waals surface area contributed by atoms with Gasteiger partial charge in [-0.1, -0.05) is 12.1 Å². The molecule has 18 heavy (non-hydrogen) atoms. The van der Waals surface area contributed by atoms with Crippen LogP contribution < -0.4 is 9.47 Å². The number of methoxy groups -OCH3 is 1. The van der Waals surface area contributed by atoms with Crippen molar-refractivity contribution in [2.24, 2.45) is 4.99 Å². The van der Waals surface area contributed by atoms with Crippen molar-refractivity contribution < 1.29 is 14.3 Å². The summed E-state index contributed by atoms with van der Waals surface area (Å²) in [4.78, 5) is 14.5. The van der Waals surface area contributed by atoms with E-state index in [-0.39, 0.29) is 6.10 Å².